The van der Waals surface area contributed by atoms with E-state index >= 15 is 0 Å². The first-order chi connectivity index (χ1) is 9.02. The topological polar surface area (TPSA) is 64.7 Å². The number of esters is 1. The van der Waals surface area contributed by atoms with Crippen LogP contribution in [0.3, 0.4) is 0 Å². The minimum Gasteiger partial charge on any atom is -0.466 e. The third-order valence-corrected chi connectivity index (χ3v) is 2.00. The Morgan fingerprint density at radius 2 is 2.05 bits per heavy atom. The third kappa shape index (κ3) is 6.55. The second-order valence-corrected chi connectivity index (χ2v) is 3.54. The van der Waals surface area contributed by atoms with Gasteiger partial charge in [-0.15, -0.1) is 0 Å². The number of ether oxygens (including phenoxy) is 1. The van der Waals surface area contributed by atoms with Gasteiger partial charge in [0.1, 0.15) is 23.8 Å². The first-order valence-electron chi connectivity index (χ1n) is 6.27. The predicted octanol–water partition coefficient (Wildman–Crippen LogP) is 3.10. The molecule has 1 aromatic rings. The maximum absolute atomic E-state index is 13.4. The molecule has 0 heterocycles. The number of carbonyl (C=O) groups excluding carboxylic acids is 1. The summed E-state index contributed by atoms with van der Waals surface area (Å²) in [4.78, 5) is 14.9. The Morgan fingerprint density at radius 1 is 1.42 bits per heavy atom. The van der Waals surface area contributed by atoms with Crippen molar-refractivity contribution in [2.45, 2.75) is 34.1 Å². The number of carbonyl (C=O) groups is 1. The van der Waals surface area contributed by atoms with Gasteiger partial charge in [-0.25, -0.2) is 9.38 Å². The summed E-state index contributed by atoms with van der Waals surface area (Å²) < 4.78 is 18.1. The second kappa shape index (κ2) is 9.08. The molecule has 0 aromatic heterocycles. The van der Waals surface area contributed by atoms with E-state index in [1.807, 2.05) is 13.8 Å². The zero-order valence-corrected chi connectivity index (χ0v) is 11.9. The van der Waals surface area contributed by atoms with Gasteiger partial charge >= 0.3 is 5.97 Å². The molecular weight excluding hydrogens is 247 g/mol. The van der Waals surface area contributed by atoms with Gasteiger partial charge in [0.15, 0.2) is 0 Å². The van der Waals surface area contributed by atoms with Crippen molar-refractivity contribution < 1.29 is 13.9 Å². The van der Waals surface area contributed by atoms with Crippen molar-refractivity contribution in [3.8, 4) is 0 Å². The van der Waals surface area contributed by atoms with Crippen LogP contribution in [0.4, 0.5) is 10.1 Å². The largest absolute Gasteiger partial charge is 0.466 e. The predicted molar refractivity (Wildman–Crippen MR) is 75.0 cm³/mol. The maximum atomic E-state index is 13.4. The molecule has 0 unspecified atom stereocenters. The van der Waals surface area contributed by atoms with Gasteiger partial charge in [-0.2, -0.15) is 0 Å². The highest BCUT2D eigenvalue weighted by molar-refractivity contribution is 5.97. The van der Waals surface area contributed by atoms with Crippen molar-refractivity contribution >= 4 is 17.5 Å². The van der Waals surface area contributed by atoms with Gasteiger partial charge in [-0.05, 0) is 31.5 Å². The minimum atomic E-state index is -0.471. The highest BCUT2D eigenvalue weighted by Gasteiger charge is 2.06. The summed E-state index contributed by atoms with van der Waals surface area (Å²) in [6.45, 7) is 7.76. The lowest BCUT2D eigenvalue weighted by atomic mass is 10.2. The number of nitrogens with two attached hydrogens (primary N) is 1. The quantitative estimate of drug-likeness (QED) is 0.518. The standard InChI is InChI=1S/C12H15FN2O2.C2H6/c1-3-17-12(16)7-11(14)15-10-5-4-8(2)6-9(10)13;1-2/h4-6H,3,7H2,1-2H3,(H2,14,15);1-2H3. The van der Waals surface area contributed by atoms with E-state index in [1.165, 1.54) is 12.1 Å². The molecule has 0 radical (unpaired) electrons. The molecule has 2 N–H and O–H groups in total. The molecule has 0 saturated heterocycles. The summed E-state index contributed by atoms with van der Waals surface area (Å²) in [6, 6.07) is 4.60. The Kier molecular flexibility index (Phi) is 8.17. The molecule has 19 heavy (non-hydrogen) atoms. The van der Waals surface area contributed by atoms with Crippen LogP contribution in [0.5, 0.6) is 0 Å². The van der Waals surface area contributed by atoms with Crippen molar-refractivity contribution in [1.82, 2.24) is 0 Å². The number of aryl methyl sites for hydroxylation is 1. The van der Waals surface area contributed by atoms with Gasteiger partial charge in [0, 0.05) is 0 Å². The zero-order valence-electron chi connectivity index (χ0n) is 11.9. The van der Waals surface area contributed by atoms with E-state index in [0.717, 1.165) is 5.56 Å². The van der Waals surface area contributed by atoms with Gasteiger partial charge in [0.05, 0.1) is 6.61 Å². The Morgan fingerprint density at radius 3 is 2.58 bits per heavy atom. The maximum Gasteiger partial charge on any atom is 0.313 e. The number of nitrogens with zero attached hydrogens (tertiary/aromatic N) is 1. The fraction of sp³-hybridized carbons (Fsp3) is 0.429. The lowest BCUT2D eigenvalue weighted by Gasteiger charge is -2.03. The fourth-order valence-corrected chi connectivity index (χ4v) is 1.26. The van der Waals surface area contributed by atoms with Crippen LogP contribution in [-0.2, 0) is 9.53 Å². The third-order valence-electron chi connectivity index (χ3n) is 2.00. The van der Waals surface area contributed by atoms with Crippen molar-refractivity contribution in [3.05, 3.63) is 29.6 Å². The lowest BCUT2D eigenvalue weighted by Crippen LogP contribution is -2.18. The van der Waals surface area contributed by atoms with E-state index in [2.05, 4.69) is 4.99 Å². The normalized spacial score (nSPS) is 10.5. The lowest BCUT2D eigenvalue weighted by molar-refractivity contribution is -0.141. The monoisotopic (exact) mass is 268 g/mol. The highest BCUT2D eigenvalue weighted by atomic mass is 19.1. The van der Waals surface area contributed by atoms with Gasteiger partial charge < -0.3 is 10.5 Å². The molecule has 0 aliphatic carbocycles. The zero-order chi connectivity index (χ0) is 14.8. The molecule has 0 bridgehead atoms. The van der Waals surface area contributed by atoms with Crippen LogP contribution in [-0.4, -0.2) is 18.4 Å². The molecule has 0 spiro atoms. The Labute approximate surface area is 113 Å². The Balaban J connectivity index is 0.00000154. The molecule has 0 fully saturated rings. The van der Waals surface area contributed by atoms with E-state index in [1.54, 1.807) is 19.9 Å². The van der Waals surface area contributed by atoms with Crippen LogP contribution < -0.4 is 5.73 Å². The number of benzene rings is 1. The smallest absolute Gasteiger partial charge is 0.313 e. The highest BCUT2D eigenvalue weighted by Crippen LogP contribution is 2.18. The van der Waals surface area contributed by atoms with E-state index < -0.39 is 11.8 Å². The molecule has 5 heteroatoms. The van der Waals surface area contributed by atoms with Crippen LogP contribution >= 0.6 is 0 Å². The van der Waals surface area contributed by atoms with Crippen LogP contribution in [0, 0.1) is 12.7 Å². The Hall–Kier alpha value is -1.91. The molecular formula is C14H21FN2O2. The number of hydrogen-bond acceptors (Lipinski definition) is 3. The molecule has 1 rings (SSSR count). The van der Waals surface area contributed by atoms with Crippen LogP contribution in [0.25, 0.3) is 0 Å². The summed E-state index contributed by atoms with van der Waals surface area (Å²) in [5, 5.41) is 0. The molecule has 0 saturated carbocycles. The van der Waals surface area contributed by atoms with Crippen LogP contribution in [0.15, 0.2) is 23.2 Å². The average molecular weight is 268 g/mol. The fourth-order valence-electron chi connectivity index (χ4n) is 1.26. The average Bonchev–Trinajstić information content (AvgIpc) is 2.35. The van der Waals surface area contributed by atoms with Gasteiger partial charge in [0.25, 0.3) is 0 Å². The number of halogens is 1. The van der Waals surface area contributed by atoms with E-state index in [4.69, 9.17) is 10.5 Å². The van der Waals surface area contributed by atoms with E-state index in [-0.39, 0.29) is 24.6 Å². The first kappa shape index (κ1) is 17.1. The number of amidine groups is 1. The molecule has 0 amide bonds. The molecule has 0 aliphatic heterocycles. The number of aliphatic imine (C=N–C) groups is 1. The molecule has 0 atom stereocenters. The van der Waals surface area contributed by atoms with Gasteiger partial charge in [0.2, 0.25) is 0 Å². The summed E-state index contributed by atoms with van der Waals surface area (Å²) in [7, 11) is 0. The Bertz CT molecular complexity index is 445. The minimum absolute atomic E-state index is 0.0335. The number of hydrogen-bond donors (Lipinski definition) is 1. The molecule has 106 valence electrons. The summed E-state index contributed by atoms with van der Waals surface area (Å²) in [5.74, 6) is -0.899. The van der Waals surface area contributed by atoms with Gasteiger partial charge in [-0.1, -0.05) is 19.9 Å². The van der Waals surface area contributed by atoms with E-state index in [0.29, 0.717) is 0 Å². The molecule has 1 aromatic carbocycles. The molecule has 4 nitrogen and oxygen atoms in total. The summed E-state index contributed by atoms with van der Waals surface area (Å²) >= 11 is 0. The van der Waals surface area contributed by atoms with Crippen LogP contribution in [0.1, 0.15) is 32.8 Å². The van der Waals surface area contributed by atoms with Crippen LogP contribution in [0.2, 0.25) is 0 Å². The van der Waals surface area contributed by atoms with Gasteiger partial charge in [-0.3, -0.25) is 4.79 Å². The van der Waals surface area contributed by atoms with Crippen molar-refractivity contribution in [3.63, 3.8) is 0 Å². The second-order valence-electron chi connectivity index (χ2n) is 3.54. The summed E-state index contributed by atoms with van der Waals surface area (Å²) in [6.07, 6.45) is -0.138. The SMILES string of the molecule is CC.CCOC(=O)CC(N)=Nc1ccc(C)cc1F. The van der Waals surface area contributed by atoms with Crippen molar-refractivity contribution in [2.75, 3.05) is 6.61 Å². The first-order valence-corrected chi connectivity index (χ1v) is 6.27. The van der Waals surface area contributed by atoms with E-state index in [9.17, 15) is 9.18 Å². The van der Waals surface area contributed by atoms with Crippen molar-refractivity contribution in [2.24, 2.45) is 10.7 Å². The number of rotatable bonds is 4. The molecule has 0 aliphatic rings. The van der Waals surface area contributed by atoms with Crippen molar-refractivity contribution in [1.29, 1.82) is 0 Å². The summed E-state index contributed by atoms with van der Waals surface area (Å²) in [5.41, 5.74) is 6.45.